The van der Waals surface area contributed by atoms with Crippen LogP contribution in [0.2, 0.25) is 5.02 Å². The second-order valence-electron chi connectivity index (χ2n) is 8.43. The summed E-state index contributed by atoms with van der Waals surface area (Å²) in [5.41, 5.74) is -5.04. The molecular weight excluding hydrogens is 552 g/mol. The van der Waals surface area contributed by atoms with E-state index >= 15 is 0 Å². The van der Waals surface area contributed by atoms with Crippen LogP contribution in [0.5, 0.6) is 17.2 Å². The number of carbonyl (C=O) groups is 1. The second kappa shape index (κ2) is 11.5. The smallest absolute Gasteiger partial charge is 0.431 e. The van der Waals surface area contributed by atoms with Gasteiger partial charge in [-0.15, -0.1) is 0 Å². The maximum atomic E-state index is 14.8. The molecule has 1 aliphatic heterocycles. The fraction of sp³-hybridized carbons (Fsp3) is 0.320. The molecule has 14 heteroatoms. The summed E-state index contributed by atoms with van der Waals surface area (Å²) in [6.07, 6.45) is -3.47. The minimum absolute atomic E-state index is 0.0246. The number of aromatic nitrogens is 2. The van der Waals surface area contributed by atoms with E-state index in [4.69, 9.17) is 30.5 Å². The molecule has 0 aliphatic carbocycles. The van der Waals surface area contributed by atoms with Crippen LogP contribution < -0.4 is 20.7 Å². The van der Waals surface area contributed by atoms with Crippen LogP contribution >= 0.6 is 11.6 Å². The molecule has 2 heterocycles. The van der Waals surface area contributed by atoms with Crippen LogP contribution in [0.3, 0.4) is 0 Å². The molecule has 3 aromatic rings. The number of para-hydroxylation sites is 2. The van der Waals surface area contributed by atoms with Crippen LogP contribution in [-0.2, 0) is 27.5 Å². The predicted molar refractivity (Wildman–Crippen MR) is 129 cm³/mol. The van der Waals surface area contributed by atoms with Gasteiger partial charge in [0, 0.05) is 25.8 Å². The highest BCUT2D eigenvalue weighted by molar-refractivity contribution is 6.32. The number of alkyl halides is 3. The highest BCUT2D eigenvalue weighted by Gasteiger charge is 2.35. The number of rotatable bonds is 8. The topological polar surface area (TPSA) is 98.0 Å². The molecule has 0 N–H and O–H groups in total. The quantitative estimate of drug-likeness (QED) is 0.294. The van der Waals surface area contributed by atoms with Gasteiger partial charge in [0.25, 0.3) is 5.56 Å². The number of esters is 1. The van der Waals surface area contributed by atoms with E-state index < -0.39 is 47.2 Å². The molecule has 0 bridgehead atoms. The van der Waals surface area contributed by atoms with Gasteiger partial charge in [0.05, 0.1) is 16.8 Å². The lowest BCUT2D eigenvalue weighted by atomic mass is 10.2. The fourth-order valence-corrected chi connectivity index (χ4v) is 3.99. The first-order valence-corrected chi connectivity index (χ1v) is 11.9. The van der Waals surface area contributed by atoms with Gasteiger partial charge in [0.1, 0.15) is 23.9 Å². The van der Waals surface area contributed by atoms with Crippen LogP contribution in [0, 0.1) is 5.82 Å². The number of hydrogen-bond acceptors (Lipinski definition) is 7. The molecule has 2 aromatic carbocycles. The van der Waals surface area contributed by atoms with Crippen LogP contribution in [0.25, 0.3) is 5.69 Å². The summed E-state index contributed by atoms with van der Waals surface area (Å²) >= 11 is 6.11. The van der Waals surface area contributed by atoms with Gasteiger partial charge in [0.15, 0.2) is 18.1 Å². The number of ether oxygens (including phenoxy) is 4. The van der Waals surface area contributed by atoms with Crippen molar-refractivity contribution in [2.45, 2.75) is 25.1 Å². The molecule has 1 unspecified atom stereocenters. The first-order valence-electron chi connectivity index (χ1n) is 11.5. The maximum Gasteiger partial charge on any atom is 0.431 e. The molecule has 1 fully saturated rings. The van der Waals surface area contributed by atoms with Gasteiger partial charge in [-0.1, -0.05) is 23.7 Å². The minimum Gasteiger partial charge on any atom is -0.478 e. The summed E-state index contributed by atoms with van der Waals surface area (Å²) in [7, 11) is 0.797. The summed E-state index contributed by atoms with van der Waals surface area (Å²) in [5, 5.41) is -0.279. The fourth-order valence-electron chi connectivity index (χ4n) is 3.80. The third-order valence-electron chi connectivity index (χ3n) is 5.72. The van der Waals surface area contributed by atoms with Crippen molar-refractivity contribution in [3.05, 3.63) is 79.8 Å². The maximum absolute atomic E-state index is 14.8. The molecule has 1 aromatic heterocycles. The lowest BCUT2D eigenvalue weighted by molar-refractivity contribution is -0.149. The van der Waals surface area contributed by atoms with E-state index in [1.807, 2.05) is 0 Å². The Hall–Kier alpha value is -3.84. The molecule has 1 saturated heterocycles. The molecule has 0 radical (unpaired) electrons. The molecule has 0 amide bonds. The van der Waals surface area contributed by atoms with Gasteiger partial charge in [-0.05, 0) is 31.0 Å². The van der Waals surface area contributed by atoms with Gasteiger partial charge < -0.3 is 18.9 Å². The van der Waals surface area contributed by atoms with Crippen LogP contribution in [0.4, 0.5) is 17.6 Å². The molecule has 1 atom stereocenters. The van der Waals surface area contributed by atoms with Crippen molar-refractivity contribution in [2.24, 2.45) is 7.05 Å². The number of halogens is 5. The SMILES string of the molecule is Cn1c(C(F)(F)F)cc(=O)n(-c2cc(Oc3ccccc3OCC(=O)OCC3CCCO3)c(Cl)cc2F)c1=O. The van der Waals surface area contributed by atoms with E-state index in [1.165, 1.54) is 12.1 Å². The average Bonchev–Trinajstić information content (AvgIpc) is 3.40. The second-order valence-corrected chi connectivity index (χ2v) is 8.84. The van der Waals surface area contributed by atoms with Crippen molar-refractivity contribution in [3.63, 3.8) is 0 Å². The van der Waals surface area contributed by atoms with Gasteiger partial charge >= 0.3 is 17.8 Å². The summed E-state index contributed by atoms with van der Waals surface area (Å²) in [4.78, 5) is 37.1. The summed E-state index contributed by atoms with van der Waals surface area (Å²) in [5.74, 6) is -1.96. The van der Waals surface area contributed by atoms with Gasteiger partial charge in [-0.3, -0.25) is 9.36 Å². The predicted octanol–water partition coefficient (Wildman–Crippen LogP) is 4.24. The van der Waals surface area contributed by atoms with E-state index in [1.54, 1.807) is 12.1 Å². The number of hydrogen-bond donors (Lipinski definition) is 0. The third kappa shape index (κ3) is 6.42. The van der Waals surface area contributed by atoms with Crippen molar-refractivity contribution in [1.29, 1.82) is 0 Å². The monoisotopic (exact) mass is 572 g/mol. The highest BCUT2D eigenvalue weighted by atomic mass is 35.5. The standard InChI is InChI=1S/C25H21ClF4N2O7/c1-31-21(25(28,29)30)11-22(33)32(24(31)35)17-10-20(15(26)9-16(17)27)39-19-7-3-2-6-18(19)37-13-23(34)38-12-14-5-4-8-36-14/h2-3,6-7,9-11,14H,4-5,8,12-13H2,1H3. The van der Waals surface area contributed by atoms with Gasteiger partial charge in [-0.25, -0.2) is 18.5 Å². The van der Waals surface area contributed by atoms with Crippen LogP contribution in [0.1, 0.15) is 18.5 Å². The van der Waals surface area contributed by atoms with Crippen molar-refractivity contribution in [1.82, 2.24) is 9.13 Å². The Labute approximate surface area is 223 Å². The molecule has 9 nitrogen and oxygen atoms in total. The normalized spacial score (nSPS) is 15.3. The van der Waals surface area contributed by atoms with Gasteiger partial charge in [0.2, 0.25) is 0 Å². The van der Waals surface area contributed by atoms with E-state index in [9.17, 15) is 31.9 Å². The summed E-state index contributed by atoms with van der Waals surface area (Å²) in [6.45, 7) is 0.239. The van der Waals surface area contributed by atoms with E-state index in [0.29, 0.717) is 6.61 Å². The Morgan fingerprint density at radius 3 is 2.51 bits per heavy atom. The first kappa shape index (κ1) is 28.2. The lowest BCUT2D eigenvalue weighted by Gasteiger charge is -2.16. The Morgan fingerprint density at radius 1 is 1.13 bits per heavy atom. The molecule has 208 valence electrons. The van der Waals surface area contributed by atoms with Gasteiger partial charge in [-0.2, -0.15) is 13.2 Å². The third-order valence-corrected chi connectivity index (χ3v) is 6.02. The zero-order chi connectivity index (χ0) is 28.3. The van der Waals surface area contributed by atoms with Crippen LogP contribution in [-0.4, -0.2) is 41.0 Å². The van der Waals surface area contributed by atoms with E-state index in [-0.39, 0.29) is 50.2 Å². The minimum atomic E-state index is -4.99. The Balaban J connectivity index is 1.59. The number of carbonyl (C=O) groups excluding carboxylic acids is 1. The van der Waals surface area contributed by atoms with Crippen molar-refractivity contribution >= 4 is 17.6 Å². The zero-order valence-corrected chi connectivity index (χ0v) is 21.1. The van der Waals surface area contributed by atoms with Crippen LogP contribution in [0.15, 0.2) is 52.1 Å². The summed E-state index contributed by atoms with van der Waals surface area (Å²) < 4.78 is 76.5. The number of benzene rings is 2. The Bertz CT molecular complexity index is 1500. The van der Waals surface area contributed by atoms with E-state index in [0.717, 1.165) is 32.0 Å². The highest BCUT2D eigenvalue weighted by Crippen LogP contribution is 2.37. The average molecular weight is 573 g/mol. The molecular formula is C25H21ClF4N2O7. The Morgan fingerprint density at radius 2 is 1.85 bits per heavy atom. The Kier molecular flexibility index (Phi) is 8.31. The molecule has 1 aliphatic rings. The molecule has 0 saturated carbocycles. The van der Waals surface area contributed by atoms with Crippen molar-refractivity contribution in [3.8, 4) is 22.9 Å². The van der Waals surface area contributed by atoms with E-state index in [2.05, 4.69) is 0 Å². The summed E-state index contributed by atoms with van der Waals surface area (Å²) in [6, 6.07) is 7.86. The number of nitrogens with zero attached hydrogens (tertiary/aromatic N) is 2. The molecule has 0 spiro atoms. The van der Waals surface area contributed by atoms with Crippen molar-refractivity contribution in [2.75, 3.05) is 19.8 Å². The van der Waals surface area contributed by atoms with Crippen molar-refractivity contribution < 1.29 is 41.3 Å². The molecule has 4 rings (SSSR count). The zero-order valence-electron chi connectivity index (χ0n) is 20.3. The lowest BCUT2D eigenvalue weighted by Crippen LogP contribution is -2.41. The first-order chi connectivity index (χ1) is 18.5. The molecule has 39 heavy (non-hydrogen) atoms. The largest absolute Gasteiger partial charge is 0.478 e.